The highest BCUT2D eigenvalue weighted by Gasteiger charge is 2.37. The zero-order chi connectivity index (χ0) is 42.7. The second-order valence-corrected chi connectivity index (χ2v) is 17.8. The van der Waals surface area contributed by atoms with Crippen LogP contribution in [0.4, 0.5) is 28.4 Å². The van der Waals surface area contributed by atoms with Crippen LogP contribution in [0.1, 0.15) is 82.5 Å². The molecule has 1 fully saturated rings. The van der Waals surface area contributed by atoms with E-state index in [4.69, 9.17) is 4.99 Å². The minimum Gasteiger partial charge on any atom is -0.378 e. The zero-order valence-corrected chi connectivity index (χ0v) is 36.3. The average Bonchev–Trinajstić information content (AvgIpc) is 4.16. The fourth-order valence-corrected chi connectivity index (χ4v) is 10.2. The lowest BCUT2D eigenvalue weighted by Crippen LogP contribution is -2.16. The predicted molar refractivity (Wildman–Crippen MR) is 269 cm³/mol. The number of rotatable bonds is 12. The summed E-state index contributed by atoms with van der Waals surface area (Å²) in [6, 6.07) is 76.2. The molecule has 2 aliphatic heterocycles. The van der Waals surface area contributed by atoms with Crippen LogP contribution < -0.4 is 10.2 Å². The van der Waals surface area contributed by atoms with E-state index in [0.29, 0.717) is 11.8 Å². The van der Waals surface area contributed by atoms with Gasteiger partial charge in [0.05, 0.1) is 11.7 Å². The number of allylic oxidation sites excluding steroid dienone is 2. The van der Waals surface area contributed by atoms with Gasteiger partial charge in [-0.25, -0.2) is 0 Å². The fourth-order valence-electron chi connectivity index (χ4n) is 10.2. The third kappa shape index (κ3) is 8.34. The molecule has 0 amide bonds. The molecular weight excluding hydrogens is 775 g/mol. The Morgan fingerprint density at radius 1 is 0.562 bits per heavy atom. The summed E-state index contributed by atoms with van der Waals surface area (Å²) in [4.78, 5) is 7.32. The van der Waals surface area contributed by atoms with Crippen LogP contribution in [0.5, 0.6) is 0 Å². The summed E-state index contributed by atoms with van der Waals surface area (Å²) in [6.07, 6.45) is 9.46. The Balaban J connectivity index is 0.972. The molecule has 1 aliphatic carbocycles. The molecular formula is C61H53N3. The summed E-state index contributed by atoms with van der Waals surface area (Å²) in [7, 11) is 0. The van der Waals surface area contributed by atoms with Crippen LogP contribution in [0.15, 0.2) is 217 Å². The third-order valence-electron chi connectivity index (χ3n) is 13.8. The predicted octanol–water partition coefficient (Wildman–Crippen LogP) is 15.9. The number of hydrogen-bond donors (Lipinski definition) is 1. The van der Waals surface area contributed by atoms with Gasteiger partial charge in [-0.1, -0.05) is 157 Å². The number of para-hydroxylation sites is 3. The molecule has 3 aliphatic rings. The number of aliphatic imine (C=N–C) groups is 1. The lowest BCUT2D eigenvalue weighted by molar-refractivity contribution is 0.577. The highest BCUT2D eigenvalue weighted by Crippen LogP contribution is 2.54. The molecule has 0 spiro atoms. The second kappa shape index (κ2) is 17.9. The molecule has 0 saturated heterocycles. The molecule has 3 heteroatoms. The summed E-state index contributed by atoms with van der Waals surface area (Å²) in [5, 5.41) is 4.14. The van der Waals surface area contributed by atoms with Gasteiger partial charge in [0.2, 0.25) is 0 Å². The van der Waals surface area contributed by atoms with Crippen molar-refractivity contribution >= 4 is 40.2 Å². The molecule has 1 saturated carbocycles. The summed E-state index contributed by atoms with van der Waals surface area (Å²) in [6.45, 7) is 0. The van der Waals surface area contributed by atoms with Gasteiger partial charge in [-0.3, -0.25) is 4.99 Å². The minimum atomic E-state index is 0.155. The van der Waals surface area contributed by atoms with Crippen molar-refractivity contribution in [1.29, 1.82) is 0 Å². The quantitative estimate of drug-likeness (QED) is 0.133. The second-order valence-electron chi connectivity index (χ2n) is 17.8. The minimum absolute atomic E-state index is 0.155. The first-order chi connectivity index (χ1) is 31.7. The molecule has 312 valence electrons. The van der Waals surface area contributed by atoms with Crippen LogP contribution in [0.2, 0.25) is 0 Å². The van der Waals surface area contributed by atoms with E-state index < -0.39 is 0 Å². The first-order valence-corrected chi connectivity index (χ1v) is 23.2. The van der Waals surface area contributed by atoms with Crippen LogP contribution >= 0.6 is 0 Å². The van der Waals surface area contributed by atoms with E-state index in [2.05, 4.69) is 223 Å². The molecule has 11 rings (SSSR count). The largest absolute Gasteiger partial charge is 0.378 e. The highest BCUT2D eigenvalue weighted by atomic mass is 15.1. The summed E-state index contributed by atoms with van der Waals surface area (Å²) in [5.41, 5.74) is 20.6. The van der Waals surface area contributed by atoms with Crippen LogP contribution in [-0.2, 0) is 19.3 Å². The Morgan fingerprint density at radius 3 is 1.86 bits per heavy atom. The summed E-state index contributed by atoms with van der Waals surface area (Å²) in [5.74, 6) is 0.893. The van der Waals surface area contributed by atoms with Crippen LogP contribution in [0.25, 0.3) is 16.7 Å². The Hall–Kier alpha value is -7.23. The number of nitrogens with one attached hydrogen (secondary N) is 1. The number of nitrogens with zero attached hydrogens (tertiary/aromatic N) is 2. The Bertz CT molecular complexity index is 2850. The van der Waals surface area contributed by atoms with Gasteiger partial charge in [0, 0.05) is 40.4 Å². The van der Waals surface area contributed by atoms with Gasteiger partial charge < -0.3 is 10.2 Å². The van der Waals surface area contributed by atoms with Crippen molar-refractivity contribution in [1.82, 2.24) is 0 Å². The molecule has 3 nitrogen and oxygen atoms in total. The molecule has 0 bridgehead atoms. The standard InChI is InChI=1S/C61H53N3/c1-5-15-43(16-6-1)25-27-45(28-26-44-17-7-2-8-18-44)49-35-38-61-57(39-49)54-40-52(64(50-19-9-3-10-20-50)51-21-11-4-12-22-51)36-33-46(54)34-37-59(63-61)48-31-29-47(30-32-48)58-42-62-60-24-14-13-23-53(60)55-41-56(55)58/h1-24,29-33,35-36,38-40,42,45,55,59,63H,25-28,34,37,41H2. The maximum atomic E-state index is 4.93. The van der Waals surface area contributed by atoms with Crippen LogP contribution in [-0.4, -0.2) is 6.21 Å². The first kappa shape index (κ1) is 39.6. The first-order valence-electron chi connectivity index (χ1n) is 23.2. The van der Waals surface area contributed by atoms with Crippen molar-refractivity contribution in [3.63, 3.8) is 0 Å². The van der Waals surface area contributed by atoms with E-state index in [1.807, 2.05) is 0 Å². The van der Waals surface area contributed by atoms with Crippen molar-refractivity contribution in [3.05, 3.63) is 251 Å². The Labute approximate surface area is 378 Å². The van der Waals surface area contributed by atoms with Crippen molar-refractivity contribution in [2.75, 3.05) is 10.2 Å². The van der Waals surface area contributed by atoms with Gasteiger partial charge in [-0.2, -0.15) is 0 Å². The van der Waals surface area contributed by atoms with Gasteiger partial charge in [0.15, 0.2) is 0 Å². The SMILES string of the molecule is C1=Nc2ccccc2C2CC2=C1c1ccc(C2CCc3ccc(N(c4ccccc4)c4ccccc4)cc3-c3cc(C(CCc4ccccc4)CCc4ccccc4)ccc3N2)cc1. The lowest BCUT2D eigenvalue weighted by atomic mass is 9.83. The lowest BCUT2D eigenvalue weighted by Gasteiger charge is -2.30. The molecule has 8 aromatic carbocycles. The topological polar surface area (TPSA) is 27.6 Å². The molecule has 2 unspecified atom stereocenters. The normalized spacial score (nSPS) is 16.0. The van der Waals surface area contributed by atoms with E-state index in [1.54, 1.807) is 0 Å². The van der Waals surface area contributed by atoms with E-state index in [0.717, 1.165) is 67.7 Å². The van der Waals surface area contributed by atoms with Gasteiger partial charge in [0.25, 0.3) is 0 Å². The number of hydrogen-bond acceptors (Lipinski definition) is 3. The monoisotopic (exact) mass is 827 g/mol. The summed E-state index contributed by atoms with van der Waals surface area (Å²) >= 11 is 0. The maximum Gasteiger partial charge on any atom is 0.0668 e. The number of benzene rings is 8. The molecule has 0 aromatic heterocycles. The molecule has 2 atom stereocenters. The van der Waals surface area contributed by atoms with E-state index in [-0.39, 0.29) is 6.04 Å². The smallest absolute Gasteiger partial charge is 0.0668 e. The molecule has 2 heterocycles. The molecule has 8 aromatic rings. The van der Waals surface area contributed by atoms with Gasteiger partial charge in [-0.05, 0) is 156 Å². The van der Waals surface area contributed by atoms with E-state index >= 15 is 0 Å². The van der Waals surface area contributed by atoms with Crippen molar-refractivity contribution < 1.29 is 0 Å². The third-order valence-corrected chi connectivity index (χ3v) is 13.8. The highest BCUT2D eigenvalue weighted by molar-refractivity contribution is 6.14. The van der Waals surface area contributed by atoms with Crippen molar-refractivity contribution in [2.45, 2.75) is 62.8 Å². The fraction of sp³-hybridized carbons (Fsp3) is 0.164. The van der Waals surface area contributed by atoms with E-state index in [1.165, 1.54) is 66.9 Å². The zero-order valence-electron chi connectivity index (χ0n) is 36.3. The Kier molecular flexibility index (Phi) is 11.1. The van der Waals surface area contributed by atoms with Gasteiger partial charge in [0.1, 0.15) is 0 Å². The van der Waals surface area contributed by atoms with E-state index in [9.17, 15) is 0 Å². The Morgan fingerprint density at radius 2 is 1.19 bits per heavy atom. The van der Waals surface area contributed by atoms with Crippen LogP contribution in [0.3, 0.4) is 0 Å². The molecule has 1 N–H and O–H groups in total. The number of anilines is 4. The number of fused-ring (bicyclic) bond motifs is 6. The van der Waals surface area contributed by atoms with Crippen molar-refractivity contribution in [3.8, 4) is 11.1 Å². The van der Waals surface area contributed by atoms with Gasteiger partial charge >= 0.3 is 0 Å². The molecule has 0 radical (unpaired) electrons. The molecule has 64 heavy (non-hydrogen) atoms. The number of aryl methyl sites for hydroxylation is 3. The van der Waals surface area contributed by atoms with Gasteiger partial charge in [-0.15, -0.1) is 0 Å². The summed E-state index contributed by atoms with van der Waals surface area (Å²) < 4.78 is 0. The van der Waals surface area contributed by atoms with Crippen molar-refractivity contribution in [2.24, 2.45) is 4.99 Å². The maximum absolute atomic E-state index is 4.93. The van der Waals surface area contributed by atoms with Crippen LogP contribution in [0, 0.1) is 0 Å². The average molecular weight is 828 g/mol.